The maximum Gasteiger partial charge on any atom is 0.217 e. The lowest BCUT2D eigenvalue weighted by Crippen LogP contribution is -2.67. The van der Waals surface area contributed by atoms with Crippen LogP contribution in [0.15, 0.2) is 0 Å². The Hall–Kier alpha value is 0.571. The van der Waals surface area contributed by atoms with E-state index in [9.17, 15) is 0 Å². The normalized spacial score (nSPS) is 15.1. The molecule has 0 N–H and O–H groups in total. The van der Waals surface area contributed by atoms with Gasteiger partial charge in [0, 0.05) is 5.22 Å². The zero-order valence-corrected chi connectivity index (χ0v) is 21.1. The molecule has 0 aliphatic heterocycles. The number of rotatable bonds is 10. The van der Waals surface area contributed by atoms with Crippen molar-refractivity contribution >= 4 is 24.7 Å². The lowest BCUT2D eigenvalue weighted by Gasteiger charge is -2.54. The van der Waals surface area contributed by atoms with Crippen molar-refractivity contribution in [2.75, 3.05) is 0 Å². The van der Waals surface area contributed by atoms with Gasteiger partial charge in [-0.2, -0.15) is 0 Å². The van der Waals surface area contributed by atoms with E-state index in [-0.39, 0.29) is 10.4 Å². The third kappa shape index (κ3) is 5.27. The van der Waals surface area contributed by atoms with Gasteiger partial charge in [-0.25, -0.2) is 0 Å². The summed E-state index contributed by atoms with van der Waals surface area (Å²) in [5.41, 5.74) is 0. The molecule has 0 heterocycles. The van der Waals surface area contributed by atoms with E-state index in [1.807, 2.05) is 0 Å². The summed E-state index contributed by atoms with van der Waals surface area (Å²) in [5.74, 6) is 0. The molecule has 0 aliphatic rings. The number of hydrogen-bond donors (Lipinski definition) is 0. The number of hydrogen-bond acceptors (Lipinski definition) is 2. The van der Waals surface area contributed by atoms with Gasteiger partial charge in [0.1, 0.15) is 0 Å². The molecule has 0 saturated heterocycles. The third-order valence-electron chi connectivity index (χ3n) is 5.70. The fourth-order valence-corrected chi connectivity index (χ4v) is 14.8. The van der Waals surface area contributed by atoms with Crippen molar-refractivity contribution in [3.8, 4) is 0 Å². The van der Waals surface area contributed by atoms with Crippen LogP contribution in [0.4, 0.5) is 0 Å². The monoisotopic (exact) mass is 376 g/mol. The van der Waals surface area contributed by atoms with E-state index in [0.29, 0.717) is 0 Å². The summed E-state index contributed by atoms with van der Waals surface area (Å²) < 4.78 is 14.0. The van der Waals surface area contributed by atoms with Gasteiger partial charge in [-0.1, -0.05) is 47.3 Å². The molecule has 0 amide bonds. The van der Waals surface area contributed by atoms with E-state index in [1.165, 1.54) is 0 Å². The van der Waals surface area contributed by atoms with Gasteiger partial charge >= 0.3 is 0 Å². The van der Waals surface area contributed by atoms with Crippen LogP contribution in [0, 0.1) is 0 Å². The van der Waals surface area contributed by atoms with Crippen molar-refractivity contribution in [3.05, 3.63) is 0 Å². The second-order valence-corrected chi connectivity index (χ2v) is 23.5. The standard InChI is InChI=1S/C18H44O2Si3/c1-13-17(14-2,21(5,6)7)20-23(11,12)18(15-3,16-4)19-22(8,9)10/h13-16H2,1-12H3. The Morgan fingerprint density at radius 3 is 1.13 bits per heavy atom. The maximum atomic E-state index is 7.18. The van der Waals surface area contributed by atoms with Crippen molar-refractivity contribution < 1.29 is 8.85 Å². The van der Waals surface area contributed by atoms with Gasteiger partial charge in [-0.3, -0.25) is 0 Å². The highest BCUT2D eigenvalue weighted by atomic mass is 28.4. The summed E-state index contributed by atoms with van der Waals surface area (Å²) >= 11 is 0. The quantitative estimate of drug-likeness (QED) is 0.400. The lowest BCUT2D eigenvalue weighted by molar-refractivity contribution is 0.0540. The van der Waals surface area contributed by atoms with E-state index in [2.05, 4.69) is 80.1 Å². The van der Waals surface area contributed by atoms with Gasteiger partial charge in [0.15, 0.2) is 8.32 Å². The van der Waals surface area contributed by atoms with Crippen molar-refractivity contribution in [2.24, 2.45) is 0 Å². The van der Waals surface area contributed by atoms with Crippen LogP contribution in [0.25, 0.3) is 0 Å². The predicted molar refractivity (Wildman–Crippen MR) is 113 cm³/mol. The highest BCUT2D eigenvalue weighted by Gasteiger charge is 2.54. The van der Waals surface area contributed by atoms with Gasteiger partial charge in [0.25, 0.3) is 0 Å². The first-order valence-corrected chi connectivity index (χ1v) is 19.4. The molecule has 0 aromatic rings. The summed E-state index contributed by atoms with van der Waals surface area (Å²) in [5, 5.41) is 0.00776. The molecule has 0 aromatic heterocycles. The second-order valence-electron chi connectivity index (χ2n) is 9.48. The summed E-state index contributed by atoms with van der Waals surface area (Å²) in [7, 11) is -5.09. The van der Waals surface area contributed by atoms with Crippen molar-refractivity contribution in [1.82, 2.24) is 0 Å². The first kappa shape index (κ1) is 23.6. The zero-order valence-electron chi connectivity index (χ0n) is 18.1. The molecule has 0 atom stereocenters. The van der Waals surface area contributed by atoms with E-state index < -0.39 is 24.7 Å². The molecule has 0 unspecified atom stereocenters. The Morgan fingerprint density at radius 2 is 0.913 bits per heavy atom. The van der Waals surface area contributed by atoms with Crippen LogP contribution >= 0.6 is 0 Å². The highest BCUT2D eigenvalue weighted by Crippen LogP contribution is 2.42. The second kappa shape index (κ2) is 7.85. The Morgan fingerprint density at radius 1 is 0.565 bits per heavy atom. The minimum Gasteiger partial charge on any atom is -0.412 e. The van der Waals surface area contributed by atoms with Gasteiger partial charge in [0.2, 0.25) is 8.32 Å². The first-order chi connectivity index (χ1) is 10.2. The van der Waals surface area contributed by atoms with Crippen molar-refractivity contribution in [1.29, 1.82) is 0 Å². The van der Waals surface area contributed by atoms with E-state index >= 15 is 0 Å². The molecule has 0 fully saturated rings. The lowest BCUT2D eigenvalue weighted by atomic mass is 10.2. The van der Waals surface area contributed by atoms with Gasteiger partial charge in [0.05, 0.1) is 13.3 Å². The summed E-state index contributed by atoms with van der Waals surface area (Å²) in [6.07, 6.45) is 4.35. The maximum absolute atomic E-state index is 7.18. The smallest absolute Gasteiger partial charge is 0.217 e. The van der Waals surface area contributed by atoms with Gasteiger partial charge in [-0.15, -0.1) is 0 Å². The fraction of sp³-hybridized carbons (Fsp3) is 1.00. The summed E-state index contributed by atoms with van der Waals surface area (Å²) in [6, 6.07) is 0. The van der Waals surface area contributed by atoms with Crippen LogP contribution in [-0.4, -0.2) is 35.2 Å². The molecule has 2 nitrogen and oxygen atoms in total. The zero-order chi connectivity index (χ0) is 18.7. The first-order valence-electron chi connectivity index (χ1n) is 9.56. The average Bonchev–Trinajstić information content (AvgIpc) is 2.39. The van der Waals surface area contributed by atoms with Crippen LogP contribution < -0.4 is 0 Å². The minimum atomic E-state index is -2.03. The topological polar surface area (TPSA) is 18.5 Å². The van der Waals surface area contributed by atoms with Gasteiger partial charge in [-0.05, 0) is 58.4 Å². The van der Waals surface area contributed by atoms with Crippen LogP contribution in [0.2, 0.25) is 52.4 Å². The van der Waals surface area contributed by atoms with Crippen LogP contribution in [0.5, 0.6) is 0 Å². The molecular formula is C18H44O2Si3. The molecule has 5 heteroatoms. The van der Waals surface area contributed by atoms with Crippen LogP contribution in [-0.2, 0) is 8.85 Å². The van der Waals surface area contributed by atoms with E-state index in [4.69, 9.17) is 8.85 Å². The predicted octanol–water partition coefficient (Wildman–Crippen LogP) is 6.59. The van der Waals surface area contributed by atoms with Crippen molar-refractivity contribution in [3.63, 3.8) is 0 Å². The molecule has 0 aromatic carbocycles. The molecule has 0 radical (unpaired) electrons. The van der Waals surface area contributed by atoms with Crippen molar-refractivity contribution in [2.45, 2.75) is 116 Å². The Balaban J connectivity index is 5.89. The molecule has 23 heavy (non-hydrogen) atoms. The molecule has 140 valence electrons. The Bertz CT molecular complexity index is 359. The SMILES string of the molecule is CCC(CC)(O[Si](C)(C)C(CC)(CC)O[Si](C)(C)C)[Si](C)(C)C. The minimum absolute atomic E-state index is 0.0628. The molecule has 0 saturated carbocycles. The molecular weight excluding hydrogens is 332 g/mol. The molecule has 0 rings (SSSR count). The average molecular weight is 377 g/mol. The third-order valence-corrected chi connectivity index (χ3v) is 14.6. The molecule has 0 aliphatic carbocycles. The largest absolute Gasteiger partial charge is 0.412 e. The summed E-state index contributed by atoms with van der Waals surface area (Å²) in [6.45, 7) is 28.3. The van der Waals surface area contributed by atoms with Crippen LogP contribution in [0.3, 0.4) is 0 Å². The fourth-order valence-electron chi connectivity index (χ4n) is 4.14. The van der Waals surface area contributed by atoms with E-state index in [1.54, 1.807) is 0 Å². The van der Waals surface area contributed by atoms with Gasteiger partial charge < -0.3 is 8.85 Å². The van der Waals surface area contributed by atoms with E-state index in [0.717, 1.165) is 25.7 Å². The molecule has 0 bridgehead atoms. The van der Waals surface area contributed by atoms with Crippen LogP contribution in [0.1, 0.15) is 53.4 Å². The highest BCUT2D eigenvalue weighted by molar-refractivity contribution is 6.82. The molecule has 0 spiro atoms. The Labute approximate surface area is 150 Å². The summed E-state index contributed by atoms with van der Waals surface area (Å²) in [4.78, 5) is 0. The Kier molecular flexibility index (Phi) is 8.05.